The molecular formula is C11H20N2S. The molecule has 1 rings (SSSR count). The third-order valence-electron chi connectivity index (χ3n) is 2.20. The van der Waals surface area contributed by atoms with Crippen LogP contribution in [0.2, 0.25) is 0 Å². The van der Waals surface area contributed by atoms with Gasteiger partial charge in [-0.1, -0.05) is 20.8 Å². The Kier molecular flexibility index (Phi) is 4.55. The second-order valence-corrected chi connectivity index (χ2v) is 4.83. The summed E-state index contributed by atoms with van der Waals surface area (Å²) < 4.78 is 0. The van der Waals surface area contributed by atoms with E-state index >= 15 is 0 Å². The Labute approximate surface area is 90.8 Å². The van der Waals surface area contributed by atoms with Gasteiger partial charge in [0, 0.05) is 5.38 Å². The van der Waals surface area contributed by atoms with Gasteiger partial charge >= 0.3 is 0 Å². The summed E-state index contributed by atoms with van der Waals surface area (Å²) in [5.74, 6) is 0.540. The molecule has 0 aliphatic heterocycles. The molecule has 1 aromatic rings. The maximum Gasteiger partial charge on any atom is 0.110 e. The van der Waals surface area contributed by atoms with Gasteiger partial charge < -0.3 is 5.32 Å². The van der Waals surface area contributed by atoms with Crippen molar-refractivity contribution >= 4 is 11.3 Å². The summed E-state index contributed by atoms with van der Waals surface area (Å²) in [5.41, 5.74) is 1.22. The van der Waals surface area contributed by atoms with E-state index < -0.39 is 0 Å². The second kappa shape index (κ2) is 5.47. The van der Waals surface area contributed by atoms with E-state index in [4.69, 9.17) is 0 Å². The van der Waals surface area contributed by atoms with Crippen LogP contribution in [0.15, 0.2) is 5.38 Å². The molecule has 0 aromatic carbocycles. The van der Waals surface area contributed by atoms with Crippen LogP contribution in [-0.2, 0) is 0 Å². The topological polar surface area (TPSA) is 24.9 Å². The van der Waals surface area contributed by atoms with Crippen molar-refractivity contribution in [3.05, 3.63) is 16.1 Å². The molecule has 80 valence electrons. The fourth-order valence-electron chi connectivity index (χ4n) is 1.21. The maximum atomic E-state index is 4.62. The van der Waals surface area contributed by atoms with Gasteiger partial charge in [0.05, 0.1) is 11.7 Å². The number of hydrogen-bond donors (Lipinski definition) is 1. The summed E-state index contributed by atoms with van der Waals surface area (Å²) in [7, 11) is 0. The minimum absolute atomic E-state index is 0.396. The first-order valence-electron chi connectivity index (χ1n) is 5.33. The average Bonchev–Trinajstić information content (AvgIpc) is 2.62. The molecule has 0 saturated carbocycles. The first-order chi connectivity index (χ1) is 6.65. The number of nitrogens with one attached hydrogen (secondary N) is 1. The number of nitrogens with zero attached hydrogens (tertiary/aromatic N) is 1. The largest absolute Gasteiger partial charge is 0.308 e. The van der Waals surface area contributed by atoms with Gasteiger partial charge in [0.15, 0.2) is 0 Å². The number of rotatable bonds is 5. The van der Waals surface area contributed by atoms with Crippen LogP contribution < -0.4 is 5.32 Å². The van der Waals surface area contributed by atoms with Gasteiger partial charge in [0.2, 0.25) is 0 Å². The van der Waals surface area contributed by atoms with E-state index in [0.717, 1.165) is 6.54 Å². The molecule has 0 fully saturated rings. The standard InChI is InChI=1S/C11H20N2S/c1-5-6-12-9(4)11-13-10(7-14-11)8(2)3/h7-9,12H,5-6H2,1-4H3. The van der Waals surface area contributed by atoms with Crippen LogP contribution in [0.4, 0.5) is 0 Å². The van der Waals surface area contributed by atoms with E-state index in [9.17, 15) is 0 Å². The molecule has 3 heteroatoms. The summed E-state index contributed by atoms with van der Waals surface area (Å²) in [6.45, 7) is 9.80. The van der Waals surface area contributed by atoms with Crippen LogP contribution in [-0.4, -0.2) is 11.5 Å². The fraction of sp³-hybridized carbons (Fsp3) is 0.727. The van der Waals surface area contributed by atoms with Crippen LogP contribution in [0.25, 0.3) is 0 Å². The van der Waals surface area contributed by atoms with Crippen LogP contribution >= 0.6 is 11.3 Å². The van der Waals surface area contributed by atoms with Gasteiger partial charge in [-0.2, -0.15) is 0 Å². The molecule has 0 radical (unpaired) electrons. The third-order valence-corrected chi connectivity index (χ3v) is 3.25. The van der Waals surface area contributed by atoms with Crippen molar-refractivity contribution in [2.45, 2.75) is 46.1 Å². The van der Waals surface area contributed by atoms with E-state index in [1.54, 1.807) is 11.3 Å². The normalized spacial score (nSPS) is 13.5. The van der Waals surface area contributed by atoms with Crippen molar-refractivity contribution in [1.82, 2.24) is 10.3 Å². The lowest BCUT2D eigenvalue weighted by atomic mass is 10.2. The smallest absolute Gasteiger partial charge is 0.110 e. The molecule has 1 unspecified atom stereocenters. The molecule has 0 spiro atoms. The Morgan fingerprint density at radius 1 is 1.43 bits per heavy atom. The van der Waals surface area contributed by atoms with Crippen LogP contribution in [0.5, 0.6) is 0 Å². The van der Waals surface area contributed by atoms with Crippen LogP contribution in [0, 0.1) is 0 Å². The van der Waals surface area contributed by atoms with Gasteiger partial charge in [-0.15, -0.1) is 11.3 Å². The molecule has 1 aromatic heterocycles. The van der Waals surface area contributed by atoms with Gasteiger partial charge in [-0.05, 0) is 25.8 Å². The van der Waals surface area contributed by atoms with Gasteiger partial charge in [-0.25, -0.2) is 4.98 Å². The number of thiazole rings is 1. The fourth-order valence-corrected chi connectivity index (χ4v) is 2.22. The summed E-state index contributed by atoms with van der Waals surface area (Å²) in [5, 5.41) is 6.83. The summed E-state index contributed by atoms with van der Waals surface area (Å²) in [4.78, 5) is 4.62. The Balaban J connectivity index is 2.57. The molecule has 2 nitrogen and oxygen atoms in total. The minimum atomic E-state index is 0.396. The van der Waals surface area contributed by atoms with Crippen molar-refractivity contribution in [1.29, 1.82) is 0 Å². The Morgan fingerprint density at radius 3 is 2.64 bits per heavy atom. The molecule has 1 atom stereocenters. The van der Waals surface area contributed by atoms with Crippen molar-refractivity contribution in [3.8, 4) is 0 Å². The molecular weight excluding hydrogens is 192 g/mol. The lowest BCUT2D eigenvalue weighted by molar-refractivity contribution is 0.566. The van der Waals surface area contributed by atoms with Gasteiger partial charge in [0.1, 0.15) is 5.01 Å². The van der Waals surface area contributed by atoms with Crippen LogP contribution in [0.1, 0.15) is 56.8 Å². The monoisotopic (exact) mass is 212 g/mol. The van der Waals surface area contributed by atoms with E-state index in [1.165, 1.54) is 17.1 Å². The molecule has 0 aliphatic carbocycles. The molecule has 0 amide bonds. The number of aromatic nitrogens is 1. The van der Waals surface area contributed by atoms with Gasteiger partial charge in [-0.3, -0.25) is 0 Å². The Morgan fingerprint density at radius 2 is 2.14 bits per heavy atom. The maximum absolute atomic E-state index is 4.62. The van der Waals surface area contributed by atoms with Crippen molar-refractivity contribution in [3.63, 3.8) is 0 Å². The predicted molar refractivity (Wildman–Crippen MR) is 62.9 cm³/mol. The lowest BCUT2D eigenvalue weighted by Crippen LogP contribution is -2.19. The van der Waals surface area contributed by atoms with E-state index in [-0.39, 0.29) is 0 Å². The third kappa shape index (κ3) is 3.07. The van der Waals surface area contributed by atoms with Crippen molar-refractivity contribution in [2.75, 3.05) is 6.54 Å². The summed E-state index contributed by atoms with van der Waals surface area (Å²) >= 11 is 1.76. The lowest BCUT2D eigenvalue weighted by Gasteiger charge is -2.09. The average molecular weight is 212 g/mol. The van der Waals surface area contributed by atoms with E-state index in [2.05, 4.69) is 43.4 Å². The Bertz CT molecular complexity index is 268. The molecule has 1 heterocycles. The molecule has 14 heavy (non-hydrogen) atoms. The van der Waals surface area contributed by atoms with Crippen molar-refractivity contribution in [2.24, 2.45) is 0 Å². The van der Waals surface area contributed by atoms with Crippen LogP contribution in [0.3, 0.4) is 0 Å². The highest BCUT2D eigenvalue weighted by Crippen LogP contribution is 2.22. The highest BCUT2D eigenvalue weighted by atomic mass is 32.1. The molecule has 1 N–H and O–H groups in total. The quantitative estimate of drug-likeness (QED) is 0.810. The number of hydrogen-bond acceptors (Lipinski definition) is 3. The Hall–Kier alpha value is -0.410. The van der Waals surface area contributed by atoms with Crippen molar-refractivity contribution < 1.29 is 0 Å². The zero-order chi connectivity index (χ0) is 10.6. The zero-order valence-electron chi connectivity index (χ0n) is 9.50. The second-order valence-electron chi connectivity index (χ2n) is 3.94. The summed E-state index contributed by atoms with van der Waals surface area (Å²) in [6.07, 6.45) is 1.17. The zero-order valence-corrected chi connectivity index (χ0v) is 10.3. The molecule has 0 bridgehead atoms. The summed E-state index contributed by atoms with van der Waals surface area (Å²) in [6, 6.07) is 0.396. The predicted octanol–water partition coefficient (Wildman–Crippen LogP) is 3.33. The first kappa shape index (κ1) is 11.7. The van der Waals surface area contributed by atoms with E-state index in [1.807, 2.05) is 0 Å². The highest BCUT2D eigenvalue weighted by Gasteiger charge is 2.10. The SMILES string of the molecule is CCCNC(C)c1nc(C(C)C)cs1. The highest BCUT2D eigenvalue weighted by molar-refractivity contribution is 7.09. The van der Waals surface area contributed by atoms with Gasteiger partial charge in [0.25, 0.3) is 0 Å². The van der Waals surface area contributed by atoms with E-state index in [0.29, 0.717) is 12.0 Å². The minimum Gasteiger partial charge on any atom is -0.308 e. The molecule has 0 aliphatic rings. The molecule has 0 saturated heterocycles. The first-order valence-corrected chi connectivity index (χ1v) is 6.21.